The quantitative estimate of drug-likeness (QED) is 0.605. The van der Waals surface area contributed by atoms with Crippen LogP contribution in [0.3, 0.4) is 0 Å². The summed E-state index contributed by atoms with van der Waals surface area (Å²) in [6.45, 7) is 6.42. The van der Waals surface area contributed by atoms with Gasteiger partial charge >= 0.3 is 0 Å². The van der Waals surface area contributed by atoms with E-state index in [0.717, 1.165) is 0 Å². The van der Waals surface area contributed by atoms with Crippen LogP contribution in [0.5, 0.6) is 0 Å². The van der Waals surface area contributed by atoms with Crippen LogP contribution in [0, 0.1) is 11.3 Å². The highest BCUT2D eigenvalue weighted by molar-refractivity contribution is 9.10. The highest BCUT2D eigenvalue weighted by atomic mass is 79.9. The van der Waals surface area contributed by atoms with Crippen molar-refractivity contribution in [2.45, 2.75) is 43.9 Å². The molecular weight excluding hydrogens is 494 g/mol. The molecule has 0 bridgehead atoms. The number of fused-ring (bicyclic) bond motifs is 1. The van der Waals surface area contributed by atoms with E-state index in [1.54, 1.807) is 0 Å². The number of nitrogens with one attached hydrogen (secondary N) is 2. The van der Waals surface area contributed by atoms with Gasteiger partial charge in [0.25, 0.3) is 0 Å². The van der Waals surface area contributed by atoms with Crippen LogP contribution in [0.1, 0.15) is 39.3 Å². The summed E-state index contributed by atoms with van der Waals surface area (Å²) in [5.41, 5.74) is -0.223. The maximum Gasteiger partial charge on any atom is 0.228 e. The molecule has 0 spiro atoms. The van der Waals surface area contributed by atoms with Crippen LogP contribution in [0.25, 0.3) is 11.0 Å². The molecule has 1 aliphatic rings. The van der Waals surface area contributed by atoms with Crippen LogP contribution < -0.4 is 9.62 Å². The number of piperidine rings is 1. The fourth-order valence-corrected chi connectivity index (χ4v) is 6.25. The molecule has 0 saturated carbocycles. The lowest BCUT2D eigenvalue weighted by molar-refractivity contribution is 0.333. The van der Waals surface area contributed by atoms with E-state index in [4.69, 9.17) is 0 Å². The normalized spacial score (nSPS) is 18.3. The lowest BCUT2D eigenvalue weighted by Crippen LogP contribution is -2.59. The standard InChI is InChI=1S/C17H24BrN7O3S2/c1-16(2,3)29(26)24-17(10-30(4,27)28)5-7-25(8-6-17)15-20-11(9-19)12-13(18)22-23-14(12)21-15/h24H,5-8,10H2,1-4H3,(H,20,21,22,23). The molecule has 2 aromatic rings. The van der Waals surface area contributed by atoms with Crippen molar-refractivity contribution in [3.05, 3.63) is 10.3 Å². The van der Waals surface area contributed by atoms with E-state index in [1.807, 2.05) is 25.7 Å². The first-order valence-corrected chi connectivity index (χ1v) is 13.3. The Morgan fingerprint density at radius 3 is 2.50 bits per heavy atom. The van der Waals surface area contributed by atoms with Gasteiger partial charge in [0.2, 0.25) is 5.95 Å². The molecule has 1 atom stereocenters. The van der Waals surface area contributed by atoms with Crippen LogP contribution in [0.4, 0.5) is 5.95 Å². The predicted octanol–water partition coefficient (Wildman–Crippen LogP) is 1.42. The van der Waals surface area contributed by atoms with Crippen molar-refractivity contribution in [3.63, 3.8) is 0 Å². The van der Waals surface area contributed by atoms with E-state index < -0.39 is 31.1 Å². The minimum Gasteiger partial charge on any atom is -0.341 e. The largest absolute Gasteiger partial charge is 0.341 e. The zero-order chi connectivity index (χ0) is 22.3. The number of sulfone groups is 1. The Morgan fingerprint density at radius 1 is 1.33 bits per heavy atom. The summed E-state index contributed by atoms with van der Waals surface area (Å²) in [6.07, 6.45) is 2.07. The minimum atomic E-state index is -3.30. The number of hydrogen-bond acceptors (Lipinski definition) is 8. The Kier molecular flexibility index (Phi) is 6.26. The van der Waals surface area contributed by atoms with Crippen molar-refractivity contribution in [2.24, 2.45) is 0 Å². The fraction of sp³-hybridized carbons (Fsp3) is 0.647. The first kappa shape index (κ1) is 23.1. The van der Waals surface area contributed by atoms with Crippen molar-refractivity contribution >= 4 is 53.7 Å². The smallest absolute Gasteiger partial charge is 0.228 e. The topological polar surface area (TPSA) is 145 Å². The summed E-state index contributed by atoms with van der Waals surface area (Å²) in [6, 6.07) is 2.07. The molecule has 1 saturated heterocycles. The van der Waals surface area contributed by atoms with Gasteiger partial charge in [-0.1, -0.05) is 0 Å². The number of nitriles is 1. The molecule has 3 rings (SSSR count). The van der Waals surface area contributed by atoms with Gasteiger partial charge in [-0.05, 0) is 49.5 Å². The summed E-state index contributed by atoms with van der Waals surface area (Å²) >= 11 is 3.30. The number of aromatic amines is 1. The Labute approximate surface area is 186 Å². The van der Waals surface area contributed by atoms with Crippen molar-refractivity contribution in [1.29, 1.82) is 5.26 Å². The molecule has 0 radical (unpaired) electrons. The fourth-order valence-electron chi connectivity index (χ4n) is 3.36. The number of H-pyrrole nitrogens is 1. The molecule has 1 fully saturated rings. The van der Waals surface area contributed by atoms with Crippen molar-refractivity contribution in [1.82, 2.24) is 24.9 Å². The van der Waals surface area contributed by atoms with E-state index in [2.05, 4.69) is 46.9 Å². The third-order valence-corrected chi connectivity index (χ3v) is 8.25. The van der Waals surface area contributed by atoms with Gasteiger partial charge in [-0.25, -0.2) is 22.3 Å². The number of hydrogen-bond donors (Lipinski definition) is 2. The van der Waals surface area contributed by atoms with Crippen LogP contribution in [-0.4, -0.2) is 68.2 Å². The summed E-state index contributed by atoms with van der Waals surface area (Å²) < 4.78 is 40.0. The third kappa shape index (κ3) is 4.99. The van der Waals surface area contributed by atoms with E-state index in [-0.39, 0.29) is 11.4 Å². The van der Waals surface area contributed by atoms with Crippen LogP contribution in [-0.2, 0) is 20.8 Å². The molecule has 2 N–H and O–H groups in total. The maximum absolute atomic E-state index is 12.7. The molecule has 13 heteroatoms. The van der Waals surface area contributed by atoms with Gasteiger partial charge in [0.05, 0.1) is 26.9 Å². The predicted molar refractivity (Wildman–Crippen MR) is 119 cm³/mol. The molecular formula is C17H24BrN7O3S2. The van der Waals surface area contributed by atoms with E-state index in [9.17, 15) is 17.9 Å². The molecule has 0 aromatic carbocycles. The number of rotatable bonds is 5. The van der Waals surface area contributed by atoms with Crippen LogP contribution >= 0.6 is 15.9 Å². The second kappa shape index (κ2) is 8.14. The summed E-state index contributed by atoms with van der Waals surface area (Å²) in [4.78, 5) is 10.7. The van der Waals surface area contributed by atoms with Gasteiger partial charge < -0.3 is 4.90 Å². The molecule has 10 nitrogen and oxygen atoms in total. The van der Waals surface area contributed by atoms with Gasteiger partial charge in [0.15, 0.2) is 11.3 Å². The number of nitrogens with zero attached hydrogens (tertiary/aromatic N) is 5. The van der Waals surface area contributed by atoms with E-state index in [1.165, 1.54) is 6.26 Å². The molecule has 0 aliphatic carbocycles. The molecule has 0 amide bonds. The van der Waals surface area contributed by atoms with Crippen molar-refractivity contribution < 1.29 is 12.6 Å². The molecule has 164 valence electrons. The lowest BCUT2D eigenvalue weighted by Gasteiger charge is -2.42. The molecule has 1 aliphatic heterocycles. The highest BCUT2D eigenvalue weighted by Gasteiger charge is 2.41. The zero-order valence-corrected chi connectivity index (χ0v) is 20.4. The monoisotopic (exact) mass is 517 g/mol. The summed E-state index contributed by atoms with van der Waals surface area (Å²) in [7, 11) is -4.71. The Hall–Kier alpha value is -1.62. The summed E-state index contributed by atoms with van der Waals surface area (Å²) in [5.74, 6) is 0.258. The number of anilines is 1. The first-order valence-electron chi connectivity index (χ1n) is 9.28. The van der Waals surface area contributed by atoms with E-state index in [0.29, 0.717) is 47.5 Å². The Bertz CT molecular complexity index is 1130. The second-order valence-corrected chi connectivity index (χ2v) is 13.4. The number of aromatic nitrogens is 4. The Balaban J connectivity index is 1.87. The van der Waals surface area contributed by atoms with Gasteiger partial charge in [0.1, 0.15) is 20.5 Å². The second-order valence-electron chi connectivity index (χ2n) is 8.54. The van der Waals surface area contributed by atoms with Crippen molar-refractivity contribution in [2.75, 3.05) is 30.0 Å². The molecule has 1 unspecified atom stereocenters. The first-order chi connectivity index (χ1) is 13.8. The van der Waals surface area contributed by atoms with Gasteiger partial charge in [-0.2, -0.15) is 15.3 Å². The third-order valence-electron chi connectivity index (χ3n) is 4.87. The van der Waals surface area contributed by atoms with Crippen LogP contribution in [0.15, 0.2) is 4.60 Å². The van der Waals surface area contributed by atoms with E-state index >= 15 is 0 Å². The van der Waals surface area contributed by atoms with Gasteiger partial charge in [-0.3, -0.25) is 5.10 Å². The molecule has 3 heterocycles. The minimum absolute atomic E-state index is 0.106. The van der Waals surface area contributed by atoms with Crippen molar-refractivity contribution in [3.8, 4) is 6.07 Å². The SMILES string of the molecule is CC(C)(C)S(=O)NC1(CS(C)(=O)=O)CCN(c2nc(C#N)c3c(Br)[nH]nc3n2)CC1. The van der Waals surface area contributed by atoms with Gasteiger partial charge in [-0.15, -0.1) is 0 Å². The Morgan fingerprint density at radius 2 is 1.97 bits per heavy atom. The number of halogens is 1. The zero-order valence-electron chi connectivity index (χ0n) is 17.2. The maximum atomic E-state index is 12.7. The van der Waals surface area contributed by atoms with Gasteiger partial charge in [0, 0.05) is 24.9 Å². The summed E-state index contributed by atoms with van der Waals surface area (Å²) in [5, 5.41) is 16.8. The average Bonchev–Trinajstić information content (AvgIpc) is 3.00. The average molecular weight is 518 g/mol. The lowest BCUT2D eigenvalue weighted by atomic mass is 9.91. The molecule has 2 aromatic heterocycles. The highest BCUT2D eigenvalue weighted by Crippen LogP contribution is 2.30. The van der Waals surface area contributed by atoms with Crippen LogP contribution in [0.2, 0.25) is 0 Å². The molecule has 30 heavy (non-hydrogen) atoms.